The normalized spacial score (nSPS) is 15.7. The van der Waals surface area contributed by atoms with Crippen molar-refractivity contribution in [3.63, 3.8) is 0 Å². The van der Waals surface area contributed by atoms with Gasteiger partial charge in [-0.05, 0) is 0 Å². The molecule has 1 atom stereocenters. The second kappa shape index (κ2) is 18.3. The number of aryl methyl sites for hydroxylation is 6. The first-order chi connectivity index (χ1) is 19.8. The fourth-order valence-electron chi connectivity index (χ4n) is 6.78. The van der Waals surface area contributed by atoms with Crippen LogP contribution < -0.4 is 52.8 Å². The Labute approximate surface area is 300 Å². The Morgan fingerprint density at radius 2 is 0.841 bits per heavy atom. The second-order valence-corrected chi connectivity index (χ2v) is 18.1. The van der Waals surface area contributed by atoms with Gasteiger partial charge < -0.3 is 37.2 Å². The molecule has 0 bridgehead atoms. The van der Waals surface area contributed by atoms with Gasteiger partial charge in [-0.2, -0.15) is 0 Å². The molecule has 3 aromatic carbocycles. The van der Waals surface area contributed by atoms with Crippen molar-refractivity contribution < 1.29 is 57.7 Å². The van der Waals surface area contributed by atoms with E-state index in [0.717, 1.165) is 38.5 Å². The molecular weight excluding hydrogens is 651 g/mol. The third-order valence-corrected chi connectivity index (χ3v) is 16.6. The van der Waals surface area contributed by atoms with Gasteiger partial charge >= 0.3 is 265 Å². The molecule has 0 saturated heterocycles. The van der Waals surface area contributed by atoms with Gasteiger partial charge in [-0.1, -0.05) is 0 Å². The topological polar surface area (TPSA) is 0 Å². The summed E-state index contributed by atoms with van der Waals surface area (Å²) in [5, 5.41) is 4.75. The summed E-state index contributed by atoms with van der Waals surface area (Å²) in [6.45, 7) is 16.2. The molecule has 3 aromatic rings. The minimum Gasteiger partial charge on any atom is -1.00 e. The van der Waals surface area contributed by atoms with E-state index in [-0.39, 0.29) is 40.6 Å². The Hall–Kier alpha value is -1.06. The van der Waals surface area contributed by atoms with E-state index >= 15 is 0 Å². The number of hydrogen-bond acceptors (Lipinski definition) is 0. The van der Waals surface area contributed by atoms with Crippen LogP contribution in [0.25, 0.3) is 0 Å². The molecule has 0 radical (unpaired) electrons. The molecule has 0 amide bonds. The van der Waals surface area contributed by atoms with Crippen molar-refractivity contribution >= 4 is 23.6 Å². The van der Waals surface area contributed by atoms with Crippen molar-refractivity contribution in [2.75, 3.05) is 0 Å². The van der Waals surface area contributed by atoms with Crippen molar-refractivity contribution in [2.24, 2.45) is 0 Å². The first-order valence-electron chi connectivity index (χ1n) is 16.4. The number of rotatable bonds is 13. The molecule has 0 aliphatic heterocycles. The van der Waals surface area contributed by atoms with Crippen LogP contribution in [0, 0.1) is 0 Å². The van der Waals surface area contributed by atoms with Crippen molar-refractivity contribution in [3.8, 4) is 0 Å². The minimum absolute atomic E-state index is 0. The average Bonchev–Trinajstić information content (AvgIpc) is 3.40. The SMILES string of the molecule is CCCCC1=C[C]([Ti+3])([Si](c2cc(CC)cc(CC)c2)(c2cc(CC)cc(CC)c2)c2cc(CC)cc(CC)c2)C=C1.[Cl-].[Cl-].[Cl-]. The Balaban J connectivity index is 0.00000323. The summed E-state index contributed by atoms with van der Waals surface area (Å²) in [6.07, 6.45) is 17.9. The maximum atomic E-state index is 2.70. The Kier molecular flexibility index (Phi) is 17.1. The van der Waals surface area contributed by atoms with Gasteiger partial charge in [-0.3, -0.25) is 0 Å². The van der Waals surface area contributed by atoms with Crippen molar-refractivity contribution in [2.45, 2.75) is 110 Å². The van der Waals surface area contributed by atoms with Crippen LogP contribution in [-0.2, 0) is 59.0 Å². The number of benzene rings is 3. The van der Waals surface area contributed by atoms with Gasteiger partial charge in [0.05, 0.1) is 0 Å². The van der Waals surface area contributed by atoms with Crippen molar-refractivity contribution in [1.82, 2.24) is 0 Å². The molecule has 0 aromatic heterocycles. The summed E-state index contributed by atoms with van der Waals surface area (Å²) >= 11 is 2.58. The fourth-order valence-corrected chi connectivity index (χ4v) is 14.8. The number of allylic oxidation sites excluding steroid dienone is 4. The van der Waals surface area contributed by atoms with Gasteiger partial charge in [0.2, 0.25) is 0 Å². The van der Waals surface area contributed by atoms with Crippen molar-refractivity contribution in [1.29, 1.82) is 0 Å². The van der Waals surface area contributed by atoms with Crippen LogP contribution in [0.5, 0.6) is 0 Å². The maximum absolute atomic E-state index is 2.70. The van der Waals surface area contributed by atoms with E-state index in [2.05, 4.69) is 142 Å². The summed E-state index contributed by atoms with van der Waals surface area (Å²) in [5.41, 5.74) is 10.4. The third kappa shape index (κ3) is 8.26. The van der Waals surface area contributed by atoms with E-state index in [1.165, 1.54) is 58.2 Å². The molecule has 0 saturated carbocycles. The van der Waals surface area contributed by atoms with E-state index in [0.29, 0.717) is 0 Å². The van der Waals surface area contributed by atoms with E-state index in [4.69, 9.17) is 0 Å². The quantitative estimate of drug-likeness (QED) is 0.166. The van der Waals surface area contributed by atoms with E-state index in [1.54, 1.807) is 15.6 Å². The van der Waals surface area contributed by atoms with E-state index < -0.39 is 8.07 Å². The number of unbranched alkanes of at least 4 members (excludes halogenated alkanes) is 1. The average molecular weight is 702 g/mol. The van der Waals surface area contributed by atoms with Gasteiger partial charge in [-0.15, -0.1) is 0 Å². The van der Waals surface area contributed by atoms with Gasteiger partial charge in [0, 0.05) is 0 Å². The van der Waals surface area contributed by atoms with E-state index in [9.17, 15) is 0 Å². The molecule has 236 valence electrons. The Bertz CT molecular complexity index is 1230. The van der Waals surface area contributed by atoms with Gasteiger partial charge in [0.1, 0.15) is 0 Å². The first-order valence-corrected chi connectivity index (χ1v) is 19.1. The zero-order valence-corrected chi connectivity index (χ0v) is 32.8. The van der Waals surface area contributed by atoms with Crippen LogP contribution >= 0.6 is 0 Å². The predicted octanol–water partition coefficient (Wildman–Crippen LogP) is -0.526. The van der Waals surface area contributed by atoms with Crippen LogP contribution in [0.3, 0.4) is 0 Å². The molecule has 0 spiro atoms. The molecular formula is C39H51Cl3SiTi. The van der Waals surface area contributed by atoms with Crippen LogP contribution in [0.2, 0.25) is 3.34 Å². The molecule has 4 rings (SSSR count). The Morgan fingerprint density at radius 3 is 1.11 bits per heavy atom. The molecule has 1 aliphatic carbocycles. The fraction of sp³-hybridized carbons (Fsp3) is 0.436. The van der Waals surface area contributed by atoms with Crippen molar-refractivity contribution in [3.05, 3.63) is 112 Å². The molecule has 1 aliphatic rings. The van der Waals surface area contributed by atoms with Crippen LogP contribution in [-0.4, -0.2) is 8.07 Å². The van der Waals surface area contributed by atoms with Crippen LogP contribution in [0.15, 0.2) is 78.4 Å². The minimum atomic E-state index is -2.65. The zero-order valence-electron chi connectivity index (χ0n) is 27.9. The third-order valence-electron chi connectivity index (χ3n) is 9.32. The zero-order chi connectivity index (χ0) is 29.6. The monoisotopic (exact) mass is 700 g/mol. The summed E-state index contributed by atoms with van der Waals surface area (Å²) < 4.78 is -0.0673. The Morgan fingerprint density at radius 1 is 0.523 bits per heavy atom. The van der Waals surface area contributed by atoms with Crippen LogP contribution in [0.4, 0.5) is 0 Å². The molecule has 5 heteroatoms. The molecule has 0 nitrogen and oxygen atoms in total. The molecule has 0 heterocycles. The van der Waals surface area contributed by atoms with Gasteiger partial charge in [0.25, 0.3) is 0 Å². The molecule has 1 unspecified atom stereocenters. The van der Waals surface area contributed by atoms with E-state index in [1.807, 2.05) is 0 Å². The first kappa shape index (κ1) is 41.0. The number of hydrogen-bond donors (Lipinski definition) is 0. The molecule has 0 fully saturated rings. The molecule has 0 N–H and O–H groups in total. The summed E-state index contributed by atoms with van der Waals surface area (Å²) in [5.74, 6) is 0. The second-order valence-electron chi connectivity index (χ2n) is 12.0. The summed E-state index contributed by atoms with van der Waals surface area (Å²) in [4.78, 5) is 0. The largest absolute Gasteiger partial charge is 1.00 e. The van der Waals surface area contributed by atoms with Gasteiger partial charge in [0.15, 0.2) is 0 Å². The van der Waals surface area contributed by atoms with Crippen LogP contribution in [0.1, 0.15) is 101 Å². The summed E-state index contributed by atoms with van der Waals surface area (Å²) in [7, 11) is -2.65. The maximum Gasteiger partial charge on any atom is -1.00 e. The predicted molar refractivity (Wildman–Crippen MR) is 180 cm³/mol. The molecule has 44 heavy (non-hydrogen) atoms. The standard InChI is InChI=1S/C39H51Si.3ClH.Ti/c1-8-15-16-35-17-18-36(28-35)40(37-22-29(9-2)19-30(10-3)23-37,38-24-31(11-4)20-32(12-5)25-38)39-26-33(13-6)21-34(14-7)27-39;;;;/h17-28H,8-16H2,1-7H3;3*1H;/q;;;;+3/p-3. The van der Waals surface area contributed by atoms with Gasteiger partial charge in [-0.25, -0.2) is 0 Å². The number of halogens is 3. The smallest absolute Gasteiger partial charge is 1.00 e. The summed E-state index contributed by atoms with van der Waals surface area (Å²) in [6, 6.07) is 23.0.